The van der Waals surface area contributed by atoms with Gasteiger partial charge in [-0.2, -0.15) is 0 Å². The number of nitrogens with one attached hydrogen (secondary N) is 1. The molecule has 0 saturated carbocycles. The first kappa shape index (κ1) is 18.8. The highest BCUT2D eigenvalue weighted by Crippen LogP contribution is 2.41. The van der Waals surface area contributed by atoms with E-state index in [0.717, 1.165) is 33.0 Å². The maximum Gasteiger partial charge on any atom is 0.192 e. The van der Waals surface area contributed by atoms with Crippen LogP contribution in [0.2, 0.25) is 10.0 Å². The molecule has 5 heteroatoms. The van der Waals surface area contributed by atoms with Crippen molar-refractivity contribution in [3.05, 3.63) is 76.8 Å². The number of rotatable bonds is 5. The topological polar surface area (TPSA) is 32.9 Å². The van der Waals surface area contributed by atoms with Crippen molar-refractivity contribution in [1.29, 1.82) is 0 Å². The third-order valence-corrected chi connectivity index (χ3v) is 5.27. The van der Waals surface area contributed by atoms with Gasteiger partial charge in [0.1, 0.15) is 0 Å². The summed E-state index contributed by atoms with van der Waals surface area (Å²) in [5.41, 5.74) is 5.08. The minimum Gasteiger partial charge on any atom is -0.349 e. The van der Waals surface area contributed by atoms with E-state index in [2.05, 4.69) is 11.6 Å². The van der Waals surface area contributed by atoms with E-state index < -0.39 is 0 Å². The molecular weight excluding hydrogens is 385 g/mol. The van der Waals surface area contributed by atoms with Crippen LogP contribution in [0.1, 0.15) is 12.5 Å². The normalized spacial score (nSPS) is 10.7. The lowest BCUT2D eigenvalue weighted by Gasteiger charge is -2.08. The molecule has 1 N–H and O–H groups in total. The summed E-state index contributed by atoms with van der Waals surface area (Å²) >= 11 is 13.3. The Morgan fingerprint density at radius 3 is 2.08 bits per heavy atom. The first-order valence-corrected chi connectivity index (χ1v) is 9.63. The zero-order valence-corrected chi connectivity index (χ0v) is 16.5. The van der Waals surface area contributed by atoms with E-state index in [-0.39, 0.29) is 5.12 Å². The molecule has 0 radical (unpaired) electrons. The van der Waals surface area contributed by atoms with Gasteiger partial charge in [0.05, 0.1) is 10.7 Å². The molecule has 1 aromatic heterocycles. The molecule has 0 fully saturated rings. The van der Waals surface area contributed by atoms with Crippen LogP contribution in [-0.4, -0.2) is 10.1 Å². The summed E-state index contributed by atoms with van der Waals surface area (Å²) in [6.45, 7) is 5.43. The molecule has 1 heterocycles. The van der Waals surface area contributed by atoms with Crippen molar-refractivity contribution in [2.75, 3.05) is 0 Å². The summed E-state index contributed by atoms with van der Waals surface area (Å²) in [6, 6.07) is 15.3. The van der Waals surface area contributed by atoms with Crippen LogP contribution in [0.15, 0.2) is 66.2 Å². The molecule has 0 aliphatic heterocycles. The molecule has 2 nitrogen and oxygen atoms in total. The Kier molecular flexibility index (Phi) is 5.92. The second kappa shape index (κ2) is 8.17. The molecule has 0 unspecified atom stereocenters. The Bertz CT molecular complexity index is 943. The van der Waals surface area contributed by atoms with E-state index in [0.29, 0.717) is 16.5 Å². The van der Waals surface area contributed by atoms with Crippen molar-refractivity contribution in [1.82, 2.24) is 4.98 Å². The number of thioether (sulfide) groups is 1. The average Bonchev–Trinajstić information content (AvgIpc) is 2.94. The lowest BCUT2D eigenvalue weighted by atomic mass is 9.96. The monoisotopic (exact) mass is 401 g/mol. The number of aromatic nitrogens is 1. The lowest BCUT2D eigenvalue weighted by molar-refractivity contribution is -0.109. The Morgan fingerprint density at radius 1 is 1.04 bits per heavy atom. The van der Waals surface area contributed by atoms with Crippen LogP contribution in [-0.2, 0) is 11.2 Å². The molecule has 0 aliphatic rings. The van der Waals surface area contributed by atoms with Crippen LogP contribution in [0.3, 0.4) is 0 Å². The Labute approximate surface area is 167 Å². The molecule has 3 aromatic rings. The van der Waals surface area contributed by atoms with Crippen molar-refractivity contribution < 1.29 is 4.79 Å². The molecule has 0 bridgehead atoms. The first-order chi connectivity index (χ1) is 12.5. The summed E-state index contributed by atoms with van der Waals surface area (Å²) in [6.07, 6.45) is 2.50. The number of halogens is 2. The second-order valence-electron chi connectivity index (χ2n) is 5.78. The summed E-state index contributed by atoms with van der Waals surface area (Å²) < 4.78 is 0. The average molecular weight is 402 g/mol. The second-order valence-corrected chi connectivity index (χ2v) is 7.84. The maximum atomic E-state index is 11.7. The molecular formula is C21H17Cl2NOS. The molecule has 132 valence electrons. The highest BCUT2D eigenvalue weighted by atomic mass is 35.5. The number of carbonyl (C=O) groups excluding carboxylic acids is 1. The van der Waals surface area contributed by atoms with Gasteiger partial charge in [-0.3, -0.25) is 4.79 Å². The highest BCUT2D eigenvalue weighted by Gasteiger charge is 2.20. The molecule has 0 spiro atoms. The number of carbonyl (C=O) groups is 1. The third-order valence-electron chi connectivity index (χ3n) is 3.92. The van der Waals surface area contributed by atoms with Gasteiger partial charge in [0.15, 0.2) is 5.12 Å². The van der Waals surface area contributed by atoms with Crippen LogP contribution in [0.4, 0.5) is 0 Å². The van der Waals surface area contributed by atoms with Gasteiger partial charge >= 0.3 is 0 Å². The fourth-order valence-electron chi connectivity index (χ4n) is 2.85. The fraction of sp³-hybridized carbons (Fsp3) is 0.0952. The molecule has 2 aromatic carbocycles. The van der Waals surface area contributed by atoms with Crippen molar-refractivity contribution in [3.8, 4) is 22.4 Å². The number of benzene rings is 2. The minimum atomic E-state index is 0.0295. The van der Waals surface area contributed by atoms with Gasteiger partial charge < -0.3 is 4.98 Å². The molecule has 0 atom stereocenters. The summed E-state index contributed by atoms with van der Waals surface area (Å²) in [7, 11) is 0. The molecule has 3 rings (SSSR count). The van der Waals surface area contributed by atoms with E-state index in [1.54, 1.807) is 6.92 Å². The number of H-pyrrole nitrogens is 1. The Morgan fingerprint density at radius 2 is 1.58 bits per heavy atom. The van der Waals surface area contributed by atoms with E-state index in [1.165, 1.54) is 11.8 Å². The van der Waals surface area contributed by atoms with E-state index >= 15 is 0 Å². The predicted octanol–water partition coefficient (Wildman–Crippen LogP) is 7.02. The zero-order valence-electron chi connectivity index (χ0n) is 14.2. The van der Waals surface area contributed by atoms with Crippen molar-refractivity contribution in [2.45, 2.75) is 18.4 Å². The summed E-state index contributed by atoms with van der Waals surface area (Å²) in [4.78, 5) is 15.2. The van der Waals surface area contributed by atoms with Gasteiger partial charge in [0, 0.05) is 22.5 Å². The zero-order chi connectivity index (χ0) is 18.7. The van der Waals surface area contributed by atoms with Gasteiger partial charge in [-0.25, -0.2) is 0 Å². The van der Waals surface area contributed by atoms with Gasteiger partial charge in [-0.15, -0.1) is 6.58 Å². The van der Waals surface area contributed by atoms with Crippen LogP contribution >= 0.6 is 35.0 Å². The largest absolute Gasteiger partial charge is 0.349 e. The number of allylic oxidation sites excluding steroid dienone is 1. The molecule has 0 saturated heterocycles. The SMILES string of the molecule is C=CCc1c(SC(C)=O)[nH]c(-c2ccc(Cl)cc2)c1-c1ccc(Cl)cc1. The maximum absolute atomic E-state index is 11.7. The summed E-state index contributed by atoms with van der Waals surface area (Å²) in [5.74, 6) is 0. The number of hydrogen-bond donors (Lipinski definition) is 1. The molecule has 0 aliphatic carbocycles. The standard InChI is InChI=1S/C21H17Cl2NOS/c1-3-4-18-19(14-5-9-16(22)10-6-14)20(24-21(18)26-13(2)25)15-7-11-17(23)12-8-15/h3,5-12,24H,1,4H2,2H3. The smallest absolute Gasteiger partial charge is 0.192 e. The predicted molar refractivity (Wildman–Crippen MR) is 112 cm³/mol. The molecule has 0 amide bonds. The summed E-state index contributed by atoms with van der Waals surface area (Å²) in [5, 5.41) is 2.23. The number of hydrogen-bond acceptors (Lipinski definition) is 2. The van der Waals surface area contributed by atoms with Gasteiger partial charge in [0.2, 0.25) is 0 Å². The minimum absolute atomic E-state index is 0.0295. The highest BCUT2D eigenvalue weighted by molar-refractivity contribution is 8.13. The lowest BCUT2D eigenvalue weighted by Crippen LogP contribution is -1.89. The van der Waals surface area contributed by atoms with Crippen LogP contribution in [0.5, 0.6) is 0 Å². The number of aromatic amines is 1. The van der Waals surface area contributed by atoms with E-state index in [9.17, 15) is 4.79 Å². The Hall–Kier alpha value is -1.94. The van der Waals surface area contributed by atoms with E-state index in [1.807, 2.05) is 54.6 Å². The van der Waals surface area contributed by atoms with Crippen molar-refractivity contribution >= 4 is 40.1 Å². The third kappa shape index (κ3) is 4.07. The quantitative estimate of drug-likeness (QED) is 0.367. The van der Waals surface area contributed by atoms with Crippen molar-refractivity contribution in [3.63, 3.8) is 0 Å². The molecule has 26 heavy (non-hydrogen) atoms. The van der Waals surface area contributed by atoms with Gasteiger partial charge in [-0.05, 0) is 59.1 Å². The van der Waals surface area contributed by atoms with E-state index in [4.69, 9.17) is 23.2 Å². The van der Waals surface area contributed by atoms with Crippen LogP contribution in [0.25, 0.3) is 22.4 Å². The van der Waals surface area contributed by atoms with Gasteiger partial charge in [0.25, 0.3) is 0 Å². The fourth-order valence-corrected chi connectivity index (χ4v) is 3.86. The van der Waals surface area contributed by atoms with Crippen LogP contribution in [0, 0.1) is 0 Å². The van der Waals surface area contributed by atoms with Crippen molar-refractivity contribution in [2.24, 2.45) is 0 Å². The Balaban J connectivity index is 2.26. The first-order valence-electron chi connectivity index (χ1n) is 8.05. The van der Waals surface area contributed by atoms with Crippen LogP contribution < -0.4 is 0 Å². The van der Waals surface area contributed by atoms with Gasteiger partial charge in [-0.1, -0.05) is 53.5 Å².